The number of nitrogens with zero attached hydrogens (tertiary/aromatic N) is 3. The van der Waals surface area contributed by atoms with Crippen LogP contribution in [-0.4, -0.2) is 59.6 Å². The number of halogens is 1. The van der Waals surface area contributed by atoms with Crippen LogP contribution in [0, 0.1) is 11.7 Å². The third-order valence-electron chi connectivity index (χ3n) is 4.73. The lowest BCUT2D eigenvalue weighted by atomic mass is 10.0. The molecule has 1 fully saturated rings. The molecule has 1 amide bonds. The van der Waals surface area contributed by atoms with E-state index >= 15 is 0 Å². The Morgan fingerprint density at radius 1 is 1.11 bits per heavy atom. The summed E-state index contributed by atoms with van der Waals surface area (Å²) in [5.74, 6) is -1.68. The lowest BCUT2D eigenvalue weighted by molar-refractivity contribution is -0.144. The minimum atomic E-state index is -0.999. The highest BCUT2D eigenvalue weighted by atomic mass is 19.1. The van der Waals surface area contributed by atoms with Crippen LogP contribution < -0.4 is 10.2 Å². The zero-order chi connectivity index (χ0) is 19.9. The average molecular weight is 386 g/mol. The molecule has 1 aliphatic rings. The lowest BCUT2D eigenvalue weighted by Crippen LogP contribution is -2.49. The molecule has 28 heavy (non-hydrogen) atoms. The molecule has 0 bridgehead atoms. The number of hydrogen-bond acceptors (Lipinski definition) is 5. The first-order valence-electron chi connectivity index (χ1n) is 9.18. The molecule has 0 unspecified atom stereocenters. The first-order chi connectivity index (χ1) is 13.5. The van der Waals surface area contributed by atoms with Crippen molar-refractivity contribution in [3.63, 3.8) is 0 Å². The number of carbonyl (C=O) groups excluding carboxylic acids is 1. The summed E-state index contributed by atoms with van der Waals surface area (Å²) >= 11 is 0. The summed E-state index contributed by atoms with van der Waals surface area (Å²) in [6, 6.07) is 11.1. The molecule has 0 radical (unpaired) electrons. The quantitative estimate of drug-likeness (QED) is 0.758. The predicted octanol–water partition coefficient (Wildman–Crippen LogP) is 2.07. The van der Waals surface area contributed by atoms with Gasteiger partial charge in [0.05, 0.1) is 5.92 Å². The summed E-state index contributed by atoms with van der Waals surface area (Å²) in [5, 5.41) is 12.1. The second-order valence-electron chi connectivity index (χ2n) is 6.77. The van der Waals surface area contributed by atoms with E-state index in [1.165, 1.54) is 24.3 Å². The van der Waals surface area contributed by atoms with Gasteiger partial charge in [0.2, 0.25) is 5.91 Å². The second kappa shape index (κ2) is 9.27. The van der Waals surface area contributed by atoms with Crippen molar-refractivity contribution >= 4 is 23.4 Å². The first-order valence-corrected chi connectivity index (χ1v) is 9.18. The van der Waals surface area contributed by atoms with E-state index < -0.39 is 23.6 Å². The maximum Gasteiger partial charge on any atom is 0.308 e. The van der Waals surface area contributed by atoms with Crippen molar-refractivity contribution in [1.29, 1.82) is 0 Å². The van der Waals surface area contributed by atoms with Gasteiger partial charge in [0.25, 0.3) is 0 Å². The van der Waals surface area contributed by atoms with E-state index in [1.807, 2.05) is 18.2 Å². The number of rotatable bonds is 7. The van der Waals surface area contributed by atoms with E-state index in [-0.39, 0.29) is 6.42 Å². The number of carboxylic acid groups (broad SMARTS) is 1. The van der Waals surface area contributed by atoms with E-state index in [9.17, 15) is 19.1 Å². The normalized spacial score (nSPS) is 15.8. The van der Waals surface area contributed by atoms with Gasteiger partial charge in [-0.05, 0) is 36.4 Å². The van der Waals surface area contributed by atoms with E-state index in [2.05, 4.69) is 20.1 Å². The maximum atomic E-state index is 12.9. The number of benzene rings is 1. The number of anilines is 2. The monoisotopic (exact) mass is 386 g/mol. The Bertz CT molecular complexity index is 793. The number of nitrogens with one attached hydrogen (secondary N) is 1. The van der Waals surface area contributed by atoms with Gasteiger partial charge in [-0.2, -0.15) is 0 Å². The molecule has 1 atom stereocenters. The maximum absolute atomic E-state index is 12.9. The molecule has 1 aromatic heterocycles. The van der Waals surface area contributed by atoms with Crippen LogP contribution in [0.2, 0.25) is 0 Å². The first kappa shape index (κ1) is 19.8. The summed E-state index contributed by atoms with van der Waals surface area (Å²) in [5.41, 5.74) is 0.444. The highest BCUT2D eigenvalue weighted by Crippen LogP contribution is 2.16. The summed E-state index contributed by atoms with van der Waals surface area (Å²) in [6.07, 6.45) is 1.62. The molecular weight excluding hydrogens is 363 g/mol. The molecule has 0 saturated carbocycles. The molecule has 8 heteroatoms. The van der Waals surface area contributed by atoms with Crippen LogP contribution in [0.25, 0.3) is 0 Å². The van der Waals surface area contributed by atoms with Crippen molar-refractivity contribution in [3.05, 3.63) is 54.5 Å². The van der Waals surface area contributed by atoms with Gasteiger partial charge in [0, 0.05) is 51.0 Å². The Morgan fingerprint density at radius 2 is 1.82 bits per heavy atom. The molecule has 1 aliphatic heterocycles. The minimum absolute atomic E-state index is 0.132. The molecular formula is C20H23FN4O3. The number of amides is 1. The van der Waals surface area contributed by atoms with Crippen LogP contribution in [0.1, 0.15) is 6.42 Å². The van der Waals surface area contributed by atoms with Crippen molar-refractivity contribution in [2.75, 3.05) is 42.9 Å². The van der Waals surface area contributed by atoms with Crippen molar-refractivity contribution < 1.29 is 19.1 Å². The zero-order valence-corrected chi connectivity index (χ0v) is 15.4. The fraction of sp³-hybridized carbons (Fsp3) is 0.350. The van der Waals surface area contributed by atoms with Gasteiger partial charge in [0.15, 0.2) is 0 Å². The zero-order valence-electron chi connectivity index (χ0n) is 15.4. The Kier molecular flexibility index (Phi) is 6.54. The van der Waals surface area contributed by atoms with Gasteiger partial charge in [-0.3, -0.25) is 14.5 Å². The fourth-order valence-electron chi connectivity index (χ4n) is 3.21. The smallest absolute Gasteiger partial charge is 0.308 e. The van der Waals surface area contributed by atoms with Gasteiger partial charge in [0.1, 0.15) is 11.6 Å². The van der Waals surface area contributed by atoms with Crippen LogP contribution >= 0.6 is 0 Å². The summed E-state index contributed by atoms with van der Waals surface area (Å²) in [4.78, 5) is 32.4. The lowest BCUT2D eigenvalue weighted by Gasteiger charge is -2.36. The Labute approximate surface area is 162 Å². The molecule has 7 nitrogen and oxygen atoms in total. The number of aromatic nitrogens is 1. The molecule has 2 aromatic rings. The molecule has 148 valence electrons. The Morgan fingerprint density at radius 3 is 2.43 bits per heavy atom. The number of carboxylic acids is 1. The molecule has 0 spiro atoms. The molecule has 0 aliphatic carbocycles. The van der Waals surface area contributed by atoms with Crippen LogP contribution in [-0.2, 0) is 9.59 Å². The van der Waals surface area contributed by atoms with E-state index in [1.54, 1.807) is 6.20 Å². The van der Waals surface area contributed by atoms with E-state index in [4.69, 9.17) is 0 Å². The number of piperazine rings is 1. The third-order valence-corrected chi connectivity index (χ3v) is 4.73. The highest BCUT2D eigenvalue weighted by molar-refractivity contribution is 5.93. The number of carbonyl (C=O) groups is 2. The molecule has 2 heterocycles. The highest BCUT2D eigenvalue weighted by Gasteiger charge is 2.26. The van der Waals surface area contributed by atoms with Crippen molar-refractivity contribution in [1.82, 2.24) is 9.88 Å². The van der Waals surface area contributed by atoms with Crippen LogP contribution in [0.15, 0.2) is 48.7 Å². The molecule has 3 rings (SSSR count). The summed E-state index contributed by atoms with van der Waals surface area (Å²) in [7, 11) is 0. The second-order valence-corrected chi connectivity index (χ2v) is 6.77. The van der Waals surface area contributed by atoms with Gasteiger partial charge < -0.3 is 15.3 Å². The average Bonchev–Trinajstić information content (AvgIpc) is 2.70. The van der Waals surface area contributed by atoms with E-state index in [0.717, 1.165) is 18.9 Å². The Hall–Kier alpha value is -3.00. The SMILES string of the molecule is O=C(C[C@H](CN1CCN(c2ccccn2)CC1)C(=O)O)Nc1ccc(F)cc1. The summed E-state index contributed by atoms with van der Waals surface area (Å²) < 4.78 is 12.9. The number of pyridine rings is 1. The Balaban J connectivity index is 1.50. The van der Waals surface area contributed by atoms with Gasteiger partial charge in [-0.1, -0.05) is 6.07 Å². The third kappa shape index (κ3) is 5.50. The number of hydrogen-bond donors (Lipinski definition) is 2. The van der Waals surface area contributed by atoms with E-state index in [0.29, 0.717) is 25.3 Å². The van der Waals surface area contributed by atoms with Crippen LogP contribution in [0.4, 0.5) is 15.9 Å². The largest absolute Gasteiger partial charge is 0.481 e. The topological polar surface area (TPSA) is 85.8 Å². The minimum Gasteiger partial charge on any atom is -0.481 e. The van der Waals surface area contributed by atoms with Gasteiger partial charge >= 0.3 is 5.97 Å². The molecule has 2 N–H and O–H groups in total. The van der Waals surface area contributed by atoms with Crippen molar-refractivity contribution in [2.45, 2.75) is 6.42 Å². The van der Waals surface area contributed by atoms with Crippen LogP contribution in [0.3, 0.4) is 0 Å². The summed E-state index contributed by atoms with van der Waals surface area (Å²) in [6.45, 7) is 3.23. The molecule has 1 saturated heterocycles. The fourth-order valence-corrected chi connectivity index (χ4v) is 3.21. The van der Waals surface area contributed by atoms with Crippen molar-refractivity contribution in [3.8, 4) is 0 Å². The molecule has 1 aromatic carbocycles. The predicted molar refractivity (Wildman–Crippen MR) is 104 cm³/mol. The number of aliphatic carboxylic acids is 1. The van der Waals surface area contributed by atoms with Crippen molar-refractivity contribution in [2.24, 2.45) is 5.92 Å². The standard InChI is InChI=1S/C20H23FN4O3/c21-16-4-6-17(7-5-16)23-19(26)13-15(20(27)28)14-24-9-11-25(12-10-24)18-3-1-2-8-22-18/h1-8,15H,9-14H2,(H,23,26)(H,27,28)/t15-/m1/s1. The van der Waals surface area contributed by atoms with Gasteiger partial charge in [-0.25, -0.2) is 9.37 Å². The van der Waals surface area contributed by atoms with Crippen LogP contribution in [0.5, 0.6) is 0 Å². The van der Waals surface area contributed by atoms with Gasteiger partial charge in [-0.15, -0.1) is 0 Å².